The Morgan fingerprint density at radius 1 is 0.362 bits per heavy atom. The van der Waals surface area contributed by atoms with E-state index in [1.54, 1.807) is 0 Å². The van der Waals surface area contributed by atoms with Crippen LogP contribution in [0, 0.1) is 0 Å². The monoisotopic (exact) mass is 740 g/mol. The van der Waals surface area contributed by atoms with Crippen molar-refractivity contribution in [3.8, 4) is 56.1 Å². The molecule has 0 saturated heterocycles. The number of hydrogen-bond donors (Lipinski definition) is 0. The van der Waals surface area contributed by atoms with Crippen molar-refractivity contribution in [3.63, 3.8) is 0 Å². The van der Waals surface area contributed by atoms with Gasteiger partial charge in [0.2, 0.25) is 0 Å². The van der Waals surface area contributed by atoms with E-state index < -0.39 is 0 Å². The average molecular weight is 741 g/mol. The maximum atomic E-state index is 5.04. The molecule has 0 spiro atoms. The van der Waals surface area contributed by atoms with E-state index in [4.69, 9.17) is 9.97 Å². The summed E-state index contributed by atoms with van der Waals surface area (Å²) >= 11 is 0. The topological polar surface area (TPSA) is 35.6 Å². The Hall–Kier alpha value is -7.56. The van der Waals surface area contributed by atoms with E-state index >= 15 is 0 Å². The Bertz CT molecular complexity index is 3360. The zero-order valence-corrected chi connectivity index (χ0v) is 31.7. The van der Waals surface area contributed by atoms with Gasteiger partial charge in [-0.25, -0.2) is 0 Å². The van der Waals surface area contributed by atoms with Crippen LogP contribution in [0.25, 0.3) is 99.8 Å². The minimum atomic E-state index is 0.919. The van der Waals surface area contributed by atoms with Gasteiger partial charge in [-0.3, -0.25) is 9.97 Å². The molecule has 0 N–H and O–H groups in total. The molecule has 0 bridgehead atoms. The first kappa shape index (κ1) is 32.7. The molecule has 0 amide bonds. The van der Waals surface area contributed by atoms with Crippen molar-refractivity contribution in [2.75, 3.05) is 0 Å². The molecular weight excluding hydrogens is 705 g/mol. The third kappa shape index (κ3) is 4.88. The highest BCUT2D eigenvalue weighted by Crippen LogP contribution is 2.51. The summed E-state index contributed by atoms with van der Waals surface area (Å²) in [5.74, 6) is 0. The molecule has 1 aliphatic rings. The summed E-state index contributed by atoms with van der Waals surface area (Å²) in [7, 11) is 0. The molecule has 4 heteroatoms. The summed E-state index contributed by atoms with van der Waals surface area (Å²) < 4.78 is 4.93. The maximum absolute atomic E-state index is 5.04. The number of hydrogen-bond acceptors (Lipinski definition) is 2. The van der Waals surface area contributed by atoms with Gasteiger partial charge < -0.3 is 9.13 Å². The summed E-state index contributed by atoms with van der Waals surface area (Å²) in [6, 6.07) is 65.6. The molecule has 58 heavy (non-hydrogen) atoms. The second-order valence-electron chi connectivity index (χ2n) is 15.2. The summed E-state index contributed by atoms with van der Waals surface area (Å²) in [5, 5.41) is 5.13. The van der Waals surface area contributed by atoms with Crippen molar-refractivity contribution in [1.82, 2.24) is 19.1 Å². The minimum Gasteiger partial charge on any atom is -0.309 e. The van der Waals surface area contributed by atoms with Crippen LogP contribution < -0.4 is 0 Å². The number of nitrogens with zero attached hydrogens (tertiary/aromatic N) is 4. The fraction of sp³-hybridized carbons (Fsp3) is 0.0370. The van der Waals surface area contributed by atoms with E-state index in [1.807, 2.05) is 24.5 Å². The van der Waals surface area contributed by atoms with Crippen LogP contribution in [0.1, 0.15) is 11.1 Å². The van der Waals surface area contributed by atoms with Crippen molar-refractivity contribution in [3.05, 3.63) is 206 Å². The van der Waals surface area contributed by atoms with Crippen LogP contribution in [0.3, 0.4) is 0 Å². The lowest BCUT2D eigenvalue weighted by molar-refractivity contribution is 0.961. The molecule has 4 nitrogen and oxygen atoms in total. The molecule has 0 saturated carbocycles. The predicted octanol–water partition coefficient (Wildman–Crippen LogP) is 13.4. The molecule has 7 aromatic carbocycles. The Labute approximate surface area is 336 Å². The lowest BCUT2D eigenvalue weighted by Crippen LogP contribution is -2.08. The van der Waals surface area contributed by atoms with E-state index in [-0.39, 0.29) is 0 Å². The highest BCUT2D eigenvalue weighted by molar-refractivity contribution is 6.20. The van der Waals surface area contributed by atoms with Crippen molar-refractivity contribution in [1.29, 1.82) is 0 Å². The molecule has 11 aromatic rings. The smallest absolute Gasteiger partial charge is 0.0723 e. The largest absolute Gasteiger partial charge is 0.309 e. The van der Waals surface area contributed by atoms with Crippen LogP contribution in [0.5, 0.6) is 0 Å². The molecular formula is C54H36N4. The van der Waals surface area contributed by atoms with Crippen molar-refractivity contribution in [2.45, 2.75) is 12.8 Å². The van der Waals surface area contributed by atoms with Gasteiger partial charge in [-0.1, -0.05) is 109 Å². The number of rotatable bonds is 5. The van der Waals surface area contributed by atoms with Gasteiger partial charge in [0.05, 0.1) is 33.5 Å². The Morgan fingerprint density at radius 3 is 1.38 bits per heavy atom. The molecule has 12 rings (SSSR count). The number of aromatic nitrogens is 4. The van der Waals surface area contributed by atoms with Crippen LogP contribution in [-0.4, -0.2) is 19.1 Å². The number of para-hydroxylation sites is 3. The lowest BCUT2D eigenvalue weighted by atomic mass is 9.79. The Kier molecular flexibility index (Phi) is 7.32. The van der Waals surface area contributed by atoms with E-state index in [2.05, 4.69) is 179 Å². The Balaban J connectivity index is 1.22. The highest BCUT2D eigenvalue weighted by Gasteiger charge is 2.30. The molecule has 4 aromatic heterocycles. The zero-order chi connectivity index (χ0) is 38.2. The lowest BCUT2D eigenvalue weighted by Gasteiger charge is -2.25. The van der Waals surface area contributed by atoms with Crippen LogP contribution in [0.2, 0.25) is 0 Å². The van der Waals surface area contributed by atoms with Crippen LogP contribution in [-0.2, 0) is 12.8 Å². The van der Waals surface area contributed by atoms with Gasteiger partial charge in [-0.05, 0) is 119 Å². The molecule has 272 valence electrons. The number of pyridine rings is 2. The first-order chi connectivity index (χ1) is 28.8. The molecule has 0 aliphatic heterocycles. The highest BCUT2D eigenvalue weighted by atomic mass is 15.0. The van der Waals surface area contributed by atoms with E-state index in [0.29, 0.717) is 0 Å². The van der Waals surface area contributed by atoms with Gasteiger partial charge in [0.25, 0.3) is 0 Å². The van der Waals surface area contributed by atoms with Crippen LogP contribution >= 0.6 is 0 Å². The Morgan fingerprint density at radius 2 is 0.828 bits per heavy atom. The van der Waals surface area contributed by atoms with Crippen molar-refractivity contribution >= 4 is 43.6 Å². The van der Waals surface area contributed by atoms with Gasteiger partial charge in [-0.2, -0.15) is 0 Å². The quantitative estimate of drug-likeness (QED) is 0.176. The van der Waals surface area contributed by atoms with E-state index in [1.165, 1.54) is 77.0 Å². The second kappa shape index (κ2) is 13.0. The normalized spacial score (nSPS) is 12.3. The molecule has 0 atom stereocenters. The van der Waals surface area contributed by atoms with Crippen LogP contribution in [0.15, 0.2) is 194 Å². The number of fused-ring (bicyclic) bond motifs is 11. The standard InChI is InChI=1S/C54H36N4/c1-3-16-35(17-4-1)36-18-15-21-38(32-36)58-50-27-10-8-23-42(50)52-40-29-28-39-43(44(40)34-46(54(52)58)48-25-12-14-31-56-48)33-45(47-24-11-13-30-55-47)53-51(39)41-22-7-9-26-49(41)57(53)37-19-5-2-6-20-37/h1-27,30-34H,28-29H2. The number of aryl methyl sites for hydroxylation is 2. The molecule has 0 radical (unpaired) electrons. The third-order valence-electron chi connectivity index (χ3n) is 12.1. The van der Waals surface area contributed by atoms with Gasteiger partial charge in [-0.15, -0.1) is 0 Å². The van der Waals surface area contributed by atoms with Gasteiger partial charge in [0, 0.05) is 56.4 Å². The predicted molar refractivity (Wildman–Crippen MR) is 240 cm³/mol. The molecule has 4 heterocycles. The van der Waals surface area contributed by atoms with Crippen molar-refractivity contribution < 1.29 is 0 Å². The summed E-state index contributed by atoms with van der Waals surface area (Å²) in [4.78, 5) is 10.0. The van der Waals surface area contributed by atoms with Gasteiger partial charge in [0.15, 0.2) is 0 Å². The third-order valence-corrected chi connectivity index (χ3v) is 12.1. The van der Waals surface area contributed by atoms with Gasteiger partial charge in [0.1, 0.15) is 0 Å². The zero-order valence-electron chi connectivity index (χ0n) is 31.7. The molecule has 0 unspecified atom stereocenters. The molecule has 0 fully saturated rings. The van der Waals surface area contributed by atoms with Gasteiger partial charge >= 0.3 is 0 Å². The second-order valence-corrected chi connectivity index (χ2v) is 15.2. The summed E-state index contributed by atoms with van der Waals surface area (Å²) in [6.45, 7) is 0. The number of benzene rings is 7. The van der Waals surface area contributed by atoms with E-state index in [9.17, 15) is 0 Å². The summed E-state index contributed by atoms with van der Waals surface area (Å²) in [6.07, 6.45) is 5.67. The SMILES string of the molecule is c1ccc(-c2cccc(-n3c4ccccc4c4c5c(cc(-c6ccccn6)c43)-c3cc(-c4ccccn4)c4c(c3CC5)c3ccccc3n4-c3ccccc3)c2)cc1. The first-order valence-electron chi connectivity index (χ1n) is 20.0. The van der Waals surface area contributed by atoms with Crippen molar-refractivity contribution in [2.24, 2.45) is 0 Å². The fourth-order valence-electron chi connectivity index (χ4n) is 9.72. The average Bonchev–Trinajstić information content (AvgIpc) is 3.84. The molecule has 1 aliphatic carbocycles. The van der Waals surface area contributed by atoms with Crippen LogP contribution in [0.4, 0.5) is 0 Å². The first-order valence-corrected chi connectivity index (χ1v) is 20.0. The summed E-state index contributed by atoms with van der Waals surface area (Å²) in [5.41, 5.74) is 18.9. The fourth-order valence-corrected chi connectivity index (χ4v) is 9.72. The maximum Gasteiger partial charge on any atom is 0.0723 e. The minimum absolute atomic E-state index is 0.919. The van der Waals surface area contributed by atoms with E-state index in [0.717, 1.165) is 46.7 Å².